The van der Waals surface area contributed by atoms with Crippen LogP contribution in [0.3, 0.4) is 0 Å². The Hall–Kier alpha value is -2.65. The van der Waals surface area contributed by atoms with Crippen LogP contribution in [0.4, 0.5) is 5.82 Å². The van der Waals surface area contributed by atoms with Crippen LogP contribution in [0.1, 0.15) is 30.0 Å². The number of hydrogen-bond acceptors (Lipinski definition) is 6. The lowest BCUT2D eigenvalue weighted by Gasteiger charge is -2.29. The third kappa shape index (κ3) is 3.02. The molecule has 0 atom stereocenters. The lowest BCUT2D eigenvalue weighted by atomic mass is 9.94. The van der Waals surface area contributed by atoms with E-state index >= 15 is 0 Å². The molecule has 3 aromatic heterocycles. The zero-order chi connectivity index (χ0) is 19.3. The molecule has 1 aliphatic rings. The van der Waals surface area contributed by atoms with Crippen LogP contribution in [0.5, 0.6) is 0 Å². The van der Waals surface area contributed by atoms with E-state index in [2.05, 4.69) is 0 Å². The molecule has 9 heteroatoms. The summed E-state index contributed by atoms with van der Waals surface area (Å²) in [6, 6.07) is 3.52. The minimum absolute atomic E-state index is 0.177. The van der Waals surface area contributed by atoms with Gasteiger partial charge in [0.2, 0.25) is 5.82 Å². The first-order chi connectivity index (χ1) is 12.8. The fraction of sp³-hybridized carbons (Fsp3) is 0.389. The standard InChI is InChI=1S/C18H20N4O4S/c1-18(2)6-11-12(9-26-18)27-16-14(11)15(20)21(7-10-4-3-5-25-10)17(24)22(16)8-13(19)23/h3-5,20H,6-9H2,1-2H3,(H2,19,23)/p+1. The predicted molar refractivity (Wildman–Crippen MR) is 100 cm³/mol. The van der Waals surface area contributed by atoms with E-state index in [-0.39, 0.29) is 18.7 Å². The van der Waals surface area contributed by atoms with Crippen molar-refractivity contribution in [2.45, 2.75) is 45.6 Å². The van der Waals surface area contributed by atoms with Gasteiger partial charge in [-0.05, 0) is 31.5 Å². The van der Waals surface area contributed by atoms with Crippen molar-refractivity contribution < 1.29 is 18.5 Å². The number of nitrogen functional groups attached to an aromatic ring is 1. The summed E-state index contributed by atoms with van der Waals surface area (Å²) in [5.74, 6) is 0.375. The van der Waals surface area contributed by atoms with E-state index in [4.69, 9.17) is 20.6 Å². The van der Waals surface area contributed by atoms with Gasteiger partial charge in [-0.3, -0.25) is 4.79 Å². The highest BCUT2D eigenvalue weighted by molar-refractivity contribution is 7.18. The molecule has 0 unspecified atom stereocenters. The average molecular weight is 389 g/mol. The van der Waals surface area contributed by atoms with Gasteiger partial charge in [0.1, 0.15) is 11.1 Å². The molecule has 0 spiro atoms. The van der Waals surface area contributed by atoms with E-state index in [9.17, 15) is 9.59 Å². The van der Waals surface area contributed by atoms with Crippen LogP contribution in [0.2, 0.25) is 0 Å². The highest BCUT2D eigenvalue weighted by Crippen LogP contribution is 2.39. The van der Waals surface area contributed by atoms with Gasteiger partial charge in [0, 0.05) is 11.3 Å². The molecule has 4 rings (SSSR count). The molecule has 0 aromatic carbocycles. The van der Waals surface area contributed by atoms with Crippen molar-refractivity contribution in [1.82, 2.24) is 4.57 Å². The summed E-state index contributed by atoms with van der Waals surface area (Å²) < 4.78 is 14.1. The summed E-state index contributed by atoms with van der Waals surface area (Å²) in [6.07, 6.45) is 2.21. The molecule has 0 radical (unpaired) electrons. The van der Waals surface area contributed by atoms with Gasteiger partial charge in [0.05, 0.1) is 18.5 Å². The number of nitrogens with two attached hydrogens (primary N) is 2. The Bertz CT molecular complexity index is 1100. The molecule has 0 aliphatic carbocycles. The number of thiophene rings is 1. The van der Waals surface area contributed by atoms with Crippen molar-refractivity contribution in [3.63, 3.8) is 0 Å². The van der Waals surface area contributed by atoms with E-state index < -0.39 is 11.6 Å². The van der Waals surface area contributed by atoms with E-state index in [0.717, 1.165) is 15.8 Å². The second kappa shape index (κ2) is 6.21. The fourth-order valence-electron chi connectivity index (χ4n) is 3.47. The van der Waals surface area contributed by atoms with Gasteiger partial charge >= 0.3 is 5.69 Å². The average Bonchev–Trinajstić information content (AvgIpc) is 3.21. The Labute approximate surface area is 158 Å². The number of amides is 1. The zero-order valence-corrected chi connectivity index (χ0v) is 16.0. The monoisotopic (exact) mass is 389 g/mol. The minimum atomic E-state index is -0.587. The van der Waals surface area contributed by atoms with Gasteiger partial charge < -0.3 is 20.6 Å². The molecule has 0 saturated heterocycles. The van der Waals surface area contributed by atoms with Crippen LogP contribution in [-0.4, -0.2) is 16.1 Å². The molecule has 142 valence electrons. The third-order valence-corrected chi connectivity index (χ3v) is 5.96. The Kier molecular flexibility index (Phi) is 4.08. The first-order valence-electron chi connectivity index (χ1n) is 8.58. The molecule has 0 saturated carbocycles. The summed E-state index contributed by atoms with van der Waals surface area (Å²) in [6.45, 7) is 4.45. The number of rotatable bonds is 4. The van der Waals surface area contributed by atoms with Crippen molar-refractivity contribution in [2.75, 3.05) is 5.73 Å². The molecule has 4 N–H and O–H groups in total. The number of carbonyl (C=O) groups is 1. The Morgan fingerprint density at radius 3 is 2.89 bits per heavy atom. The molecule has 4 heterocycles. The predicted octanol–water partition coefficient (Wildman–Crippen LogP) is 0.911. The molecular weight excluding hydrogens is 368 g/mol. The first kappa shape index (κ1) is 17.7. The van der Waals surface area contributed by atoms with Crippen molar-refractivity contribution in [3.8, 4) is 0 Å². The Morgan fingerprint density at radius 2 is 2.22 bits per heavy atom. The van der Waals surface area contributed by atoms with Crippen molar-refractivity contribution >= 4 is 33.3 Å². The molecule has 0 bridgehead atoms. The number of anilines is 1. The lowest BCUT2D eigenvalue weighted by molar-refractivity contribution is -0.675. The number of furan rings is 1. The normalized spacial score (nSPS) is 15.8. The van der Waals surface area contributed by atoms with Gasteiger partial charge in [-0.25, -0.2) is 0 Å². The molecule has 1 amide bonds. The van der Waals surface area contributed by atoms with E-state index in [1.165, 1.54) is 20.5 Å². The number of carbonyl (C=O) groups excluding carboxylic acids is 1. The van der Waals surface area contributed by atoms with Crippen LogP contribution < -0.4 is 21.7 Å². The number of nitrogens with zero attached hydrogens (tertiary/aromatic N) is 2. The van der Waals surface area contributed by atoms with Gasteiger partial charge in [-0.15, -0.1) is 0 Å². The molecular formula is C18H21N4O4S+. The van der Waals surface area contributed by atoms with Crippen molar-refractivity contribution in [3.05, 3.63) is 45.1 Å². The van der Waals surface area contributed by atoms with Crippen molar-refractivity contribution in [1.29, 1.82) is 0 Å². The maximum Gasteiger partial charge on any atom is 0.501 e. The zero-order valence-electron chi connectivity index (χ0n) is 15.2. The Balaban J connectivity index is 2.00. The van der Waals surface area contributed by atoms with Gasteiger partial charge in [0.25, 0.3) is 5.91 Å². The van der Waals surface area contributed by atoms with Crippen LogP contribution >= 0.6 is 11.3 Å². The summed E-state index contributed by atoms with van der Waals surface area (Å²) in [5, 5.41) is 0.791. The second-order valence-electron chi connectivity index (χ2n) is 7.29. The fourth-order valence-corrected chi connectivity index (χ4v) is 4.70. The van der Waals surface area contributed by atoms with Crippen LogP contribution in [0, 0.1) is 0 Å². The summed E-state index contributed by atoms with van der Waals surface area (Å²) >= 11 is 1.43. The molecule has 8 nitrogen and oxygen atoms in total. The lowest BCUT2D eigenvalue weighted by Crippen LogP contribution is -2.57. The smallest absolute Gasteiger partial charge is 0.465 e. The van der Waals surface area contributed by atoms with Crippen LogP contribution in [-0.2, 0) is 35.6 Å². The molecule has 27 heavy (non-hydrogen) atoms. The minimum Gasteiger partial charge on any atom is -0.465 e. The van der Waals surface area contributed by atoms with E-state index in [1.54, 1.807) is 18.4 Å². The number of fused-ring (bicyclic) bond motifs is 3. The summed E-state index contributed by atoms with van der Waals surface area (Å²) in [4.78, 5) is 26.4. The van der Waals surface area contributed by atoms with Gasteiger partial charge in [-0.1, -0.05) is 11.3 Å². The number of aromatic nitrogens is 2. The largest absolute Gasteiger partial charge is 0.501 e. The quantitative estimate of drug-likeness (QED) is 0.643. The van der Waals surface area contributed by atoms with E-state index in [0.29, 0.717) is 29.4 Å². The van der Waals surface area contributed by atoms with Crippen molar-refractivity contribution in [2.24, 2.45) is 5.73 Å². The van der Waals surface area contributed by atoms with Crippen LogP contribution in [0.25, 0.3) is 10.2 Å². The summed E-state index contributed by atoms with van der Waals surface area (Å²) in [7, 11) is 0. The van der Waals surface area contributed by atoms with Crippen LogP contribution in [0.15, 0.2) is 27.6 Å². The molecule has 3 aromatic rings. The Morgan fingerprint density at radius 1 is 1.44 bits per heavy atom. The maximum absolute atomic E-state index is 13.1. The molecule has 1 aliphatic heterocycles. The number of primary amides is 1. The number of hydrogen-bond donors (Lipinski definition) is 2. The number of ether oxygens (including phenoxy) is 1. The third-order valence-electron chi connectivity index (χ3n) is 4.73. The maximum atomic E-state index is 13.1. The first-order valence-corrected chi connectivity index (χ1v) is 9.39. The topological polar surface area (TPSA) is 117 Å². The molecule has 0 fully saturated rings. The highest BCUT2D eigenvalue weighted by atomic mass is 32.1. The SMILES string of the molecule is CC1(C)Cc2c(sc3c2c(N)n(Cc2ccco2)c(=O)[n+]3CC(N)=O)CO1. The highest BCUT2D eigenvalue weighted by Gasteiger charge is 2.35. The summed E-state index contributed by atoms with van der Waals surface area (Å²) in [5.41, 5.74) is 12.2. The van der Waals surface area contributed by atoms with E-state index in [1.807, 2.05) is 13.8 Å². The second-order valence-corrected chi connectivity index (χ2v) is 8.38. The van der Waals surface area contributed by atoms with Gasteiger partial charge in [-0.2, -0.15) is 13.9 Å². The van der Waals surface area contributed by atoms with Gasteiger partial charge in [0.15, 0.2) is 17.9 Å².